The number of aryl methyl sites for hydroxylation is 1. The molecule has 2 aromatic heterocycles. The highest BCUT2D eigenvalue weighted by Gasteiger charge is 2.16. The number of hydrogen-bond acceptors (Lipinski definition) is 4. The van der Waals surface area contributed by atoms with E-state index in [-0.39, 0.29) is 24.5 Å². The van der Waals surface area contributed by atoms with Gasteiger partial charge in [-0.3, -0.25) is 9.59 Å². The Hall–Kier alpha value is -3.72. The first-order chi connectivity index (χ1) is 13.5. The number of amides is 1. The Morgan fingerprint density at radius 3 is 2.61 bits per heavy atom. The van der Waals surface area contributed by atoms with Crippen LogP contribution < -0.4 is 5.32 Å². The minimum absolute atomic E-state index is 0.0833. The minimum Gasteiger partial charge on any atom is -0.344 e. The lowest BCUT2D eigenvalue weighted by Crippen LogP contribution is -2.18. The maximum atomic E-state index is 12.7. The standard InChI is InChI=1S/C22H20N4O2/c1-15-3-5-17(6-4-15)22(28)19-8-7-18(26(19)2)14-21(27)25-20-13-16(9-11-23)10-12-24-20/h3-8,10,12-13H,9,14H2,1-2H3,(H,24,25,27). The van der Waals surface area contributed by atoms with E-state index in [2.05, 4.69) is 16.4 Å². The number of carbonyl (C=O) groups is 2. The van der Waals surface area contributed by atoms with Crippen LogP contribution >= 0.6 is 0 Å². The van der Waals surface area contributed by atoms with Crippen molar-refractivity contribution >= 4 is 17.5 Å². The number of nitrogens with zero attached hydrogens (tertiary/aromatic N) is 3. The summed E-state index contributed by atoms with van der Waals surface area (Å²) >= 11 is 0. The second-order valence-corrected chi connectivity index (χ2v) is 6.57. The largest absolute Gasteiger partial charge is 0.344 e. The molecule has 1 N–H and O–H groups in total. The summed E-state index contributed by atoms with van der Waals surface area (Å²) in [5.74, 6) is 0.0834. The number of nitrogens with one attached hydrogen (secondary N) is 1. The molecular formula is C22H20N4O2. The van der Waals surface area contributed by atoms with Crippen molar-refractivity contribution in [3.05, 3.63) is 82.8 Å². The first kappa shape index (κ1) is 19.1. The molecule has 0 saturated heterocycles. The Balaban J connectivity index is 1.71. The van der Waals surface area contributed by atoms with Crippen molar-refractivity contribution in [1.82, 2.24) is 9.55 Å². The van der Waals surface area contributed by atoms with E-state index >= 15 is 0 Å². The van der Waals surface area contributed by atoms with Crippen molar-refractivity contribution in [2.75, 3.05) is 5.32 Å². The van der Waals surface area contributed by atoms with Gasteiger partial charge in [0.1, 0.15) is 5.82 Å². The van der Waals surface area contributed by atoms with Crippen LogP contribution in [0.5, 0.6) is 0 Å². The Kier molecular flexibility index (Phi) is 5.66. The Labute approximate surface area is 163 Å². The average Bonchev–Trinajstić information content (AvgIpc) is 3.02. The summed E-state index contributed by atoms with van der Waals surface area (Å²) in [5.41, 5.74) is 3.74. The molecule has 2 heterocycles. The first-order valence-electron chi connectivity index (χ1n) is 8.85. The minimum atomic E-state index is -0.239. The zero-order chi connectivity index (χ0) is 20.1. The maximum Gasteiger partial charge on any atom is 0.231 e. The molecular weight excluding hydrogens is 352 g/mol. The van der Waals surface area contributed by atoms with Crippen molar-refractivity contribution in [3.63, 3.8) is 0 Å². The number of hydrogen-bond donors (Lipinski definition) is 1. The summed E-state index contributed by atoms with van der Waals surface area (Å²) < 4.78 is 1.74. The quantitative estimate of drug-likeness (QED) is 0.673. The summed E-state index contributed by atoms with van der Waals surface area (Å²) in [6.45, 7) is 1.97. The molecule has 0 spiro atoms. The molecule has 3 rings (SSSR count). The van der Waals surface area contributed by atoms with Crippen LogP contribution in [0, 0.1) is 18.3 Å². The lowest BCUT2D eigenvalue weighted by molar-refractivity contribution is -0.115. The molecule has 0 bridgehead atoms. The Morgan fingerprint density at radius 2 is 1.89 bits per heavy atom. The number of anilines is 1. The topological polar surface area (TPSA) is 87.8 Å². The number of benzene rings is 1. The van der Waals surface area contributed by atoms with Gasteiger partial charge < -0.3 is 9.88 Å². The third-order valence-corrected chi connectivity index (χ3v) is 4.49. The molecule has 6 nitrogen and oxygen atoms in total. The molecule has 0 atom stereocenters. The highest BCUT2D eigenvalue weighted by molar-refractivity contribution is 6.08. The van der Waals surface area contributed by atoms with Crippen molar-refractivity contribution in [2.45, 2.75) is 19.8 Å². The van der Waals surface area contributed by atoms with Gasteiger partial charge in [0.05, 0.1) is 24.6 Å². The van der Waals surface area contributed by atoms with Gasteiger partial charge in [-0.2, -0.15) is 5.26 Å². The van der Waals surface area contributed by atoms with Gasteiger partial charge in [-0.1, -0.05) is 29.8 Å². The van der Waals surface area contributed by atoms with Crippen LogP contribution in [0.15, 0.2) is 54.7 Å². The molecule has 28 heavy (non-hydrogen) atoms. The summed E-state index contributed by atoms with van der Waals surface area (Å²) in [5, 5.41) is 11.5. The molecule has 0 radical (unpaired) electrons. The van der Waals surface area contributed by atoms with Crippen molar-refractivity contribution in [3.8, 4) is 6.07 Å². The van der Waals surface area contributed by atoms with Gasteiger partial charge >= 0.3 is 0 Å². The van der Waals surface area contributed by atoms with Crippen molar-refractivity contribution < 1.29 is 9.59 Å². The fourth-order valence-corrected chi connectivity index (χ4v) is 2.91. The number of nitriles is 1. The molecule has 140 valence electrons. The zero-order valence-corrected chi connectivity index (χ0v) is 15.8. The summed E-state index contributed by atoms with van der Waals surface area (Å²) in [6.07, 6.45) is 1.93. The van der Waals surface area contributed by atoms with E-state index in [0.29, 0.717) is 17.1 Å². The number of pyridine rings is 1. The van der Waals surface area contributed by atoms with Gasteiger partial charge in [0.15, 0.2) is 0 Å². The molecule has 1 amide bonds. The molecule has 0 unspecified atom stereocenters. The molecule has 3 aromatic rings. The molecule has 0 aliphatic carbocycles. The summed E-state index contributed by atoms with van der Waals surface area (Å²) in [6, 6.07) is 16.4. The van der Waals surface area contributed by atoms with Gasteiger partial charge in [-0.15, -0.1) is 0 Å². The summed E-state index contributed by atoms with van der Waals surface area (Å²) in [7, 11) is 1.77. The number of rotatable bonds is 6. The second kappa shape index (κ2) is 8.31. The number of aromatic nitrogens is 2. The van der Waals surface area contributed by atoms with E-state index in [1.165, 1.54) is 0 Å². The molecule has 1 aromatic carbocycles. The van der Waals surface area contributed by atoms with E-state index in [9.17, 15) is 9.59 Å². The molecule has 0 fully saturated rings. The highest BCUT2D eigenvalue weighted by Crippen LogP contribution is 2.15. The Bertz CT molecular complexity index is 1060. The third kappa shape index (κ3) is 4.33. The number of carbonyl (C=O) groups excluding carboxylic acids is 2. The van der Waals surface area contributed by atoms with Crippen LogP contribution in [0.25, 0.3) is 0 Å². The SMILES string of the molecule is Cc1ccc(C(=O)c2ccc(CC(=O)Nc3cc(CC#N)ccn3)n2C)cc1. The Morgan fingerprint density at radius 1 is 1.14 bits per heavy atom. The average molecular weight is 372 g/mol. The molecule has 0 saturated carbocycles. The van der Waals surface area contributed by atoms with Gasteiger partial charge in [-0.05, 0) is 36.8 Å². The molecule has 0 aliphatic rings. The lowest BCUT2D eigenvalue weighted by Gasteiger charge is -2.09. The van der Waals surface area contributed by atoms with E-state index in [0.717, 1.165) is 16.8 Å². The predicted octanol–water partition coefficient (Wildman–Crippen LogP) is 3.21. The van der Waals surface area contributed by atoms with Crippen LogP contribution in [-0.4, -0.2) is 21.2 Å². The smallest absolute Gasteiger partial charge is 0.231 e. The number of ketones is 1. The van der Waals surface area contributed by atoms with Crippen LogP contribution in [0.3, 0.4) is 0 Å². The van der Waals surface area contributed by atoms with E-state index in [1.54, 1.807) is 54.2 Å². The zero-order valence-electron chi connectivity index (χ0n) is 15.8. The van der Waals surface area contributed by atoms with Crippen LogP contribution in [0.1, 0.15) is 32.9 Å². The monoisotopic (exact) mass is 372 g/mol. The fourth-order valence-electron chi connectivity index (χ4n) is 2.91. The van der Waals surface area contributed by atoms with E-state index in [4.69, 9.17) is 5.26 Å². The van der Waals surface area contributed by atoms with Crippen LogP contribution in [0.2, 0.25) is 0 Å². The predicted molar refractivity (Wildman–Crippen MR) is 106 cm³/mol. The van der Waals surface area contributed by atoms with Crippen LogP contribution in [-0.2, 0) is 24.7 Å². The molecule has 0 aliphatic heterocycles. The van der Waals surface area contributed by atoms with Gasteiger partial charge in [0.25, 0.3) is 0 Å². The van der Waals surface area contributed by atoms with E-state index in [1.807, 2.05) is 19.1 Å². The van der Waals surface area contributed by atoms with E-state index < -0.39 is 0 Å². The first-order valence-corrected chi connectivity index (χ1v) is 8.85. The highest BCUT2D eigenvalue weighted by atomic mass is 16.1. The molecule has 6 heteroatoms. The van der Waals surface area contributed by atoms with Gasteiger partial charge in [0.2, 0.25) is 11.7 Å². The van der Waals surface area contributed by atoms with Crippen LogP contribution in [0.4, 0.5) is 5.82 Å². The maximum absolute atomic E-state index is 12.7. The normalized spacial score (nSPS) is 10.3. The van der Waals surface area contributed by atoms with Gasteiger partial charge in [-0.25, -0.2) is 4.98 Å². The lowest BCUT2D eigenvalue weighted by atomic mass is 10.1. The fraction of sp³-hybridized carbons (Fsp3) is 0.182. The van der Waals surface area contributed by atoms with Gasteiger partial charge in [0, 0.05) is 24.5 Å². The second-order valence-electron chi connectivity index (χ2n) is 6.57. The third-order valence-electron chi connectivity index (χ3n) is 4.49. The van der Waals surface area contributed by atoms with Crippen molar-refractivity contribution in [1.29, 1.82) is 5.26 Å². The summed E-state index contributed by atoms with van der Waals surface area (Å²) in [4.78, 5) is 29.2. The van der Waals surface area contributed by atoms with Crippen molar-refractivity contribution in [2.24, 2.45) is 7.05 Å².